The summed E-state index contributed by atoms with van der Waals surface area (Å²) in [7, 11) is -2.28. The van der Waals surface area contributed by atoms with Crippen LogP contribution in [0, 0.1) is 17.5 Å². The Balaban J connectivity index is 2.70. The molecule has 0 fully saturated rings. The Morgan fingerprint density at radius 3 is 2.21 bits per heavy atom. The zero-order chi connectivity index (χ0) is 14.6. The SMILES string of the molecule is CNS(=O)(=O)CCNC(=O)c1cc(F)c(F)c(F)c1. The second kappa shape index (κ2) is 6.02. The van der Waals surface area contributed by atoms with Gasteiger partial charge in [-0.05, 0) is 19.2 Å². The van der Waals surface area contributed by atoms with Crippen molar-refractivity contribution in [1.29, 1.82) is 0 Å². The lowest BCUT2D eigenvalue weighted by Crippen LogP contribution is -2.33. The normalized spacial score (nSPS) is 11.4. The molecule has 19 heavy (non-hydrogen) atoms. The van der Waals surface area contributed by atoms with E-state index < -0.39 is 38.9 Å². The smallest absolute Gasteiger partial charge is 0.251 e. The Hall–Kier alpha value is -1.61. The Bertz CT molecular complexity index is 567. The third-order valence-electron chi connectivity index (χ3n) is 2.21. The zero-order valence-electron chi connectivity index (χ0n) is 9.84. The van der Waals surface area contributed by atoms with Crippen LogP contribution in [0.1, 0.15) is 10.4 Å². The highest BCUT2D eigenvalue weighted by Crippen LogP contribution is 2.13. The number of nitrogens with one attached hydrogen (secondary N) is 2. The fourth-order valence-corrected chi connectivity index (χ4v) is 1.76. The summed E-state index contributed by atoms with van der Waals surface area (Å²) in [5.74, 6) is -5.94. The molecule has 0 spiro atoms. The summed E-state index contributed by atoms with van der Waals surface area (Å²) in [6.45, 7) is -0.247. The number of carbonyl (C=O) groups is 1. The van der Waals surface area contributed by atoms with Gasteiger partial charge in [-0.15, -0.1) is 0 Å². The predicted octanol–water partition coefficient (Wildman–Crippen LogP) is 0.383. The van der Waals surface area contributed by atoms with Crippen LogP contribution in [0.5, 0.6) is 0 Å². The summed E-state index contributed by atoms with van der Waals surface area (Å²) in [5, 5.41) is 2.15. The summed E-state index contributed by atoms with van der Waals surface area (Å²) in [4.78, 5) is 11.5. The Morgan fingerprint density at radius 1 is 1.21 bits per heavy atom. The first-order valence-electron chi connectivity index (χ1n) is 5.11. The molecule has 9 heteroatoms. The number of halogens is 3. The standard InChI is InChI=1S/C10H11F3N2O3S/c1-14-19(17,18)3-2-15-10(16)6-4-7(11)9(13)8(12)5-6/h4-5,14H,2-3H2,1H3,(H,15,16). The third-order valence-corrected chi connectivity index (χ3v) is 3.58. The molecule has 0 heterocycles. The van der Waals surface area contributed by atoms with Crippen molar-refractivity contribution in [3.8, 4) is 0 Å². The molecular formula is C10H11F3N2O3S. The molecule has 1 amide bonds. The van der Waals surface area contributed by atoms with Gasteiger partial charge in [0.25, 0.3) is 5.91 Å². The van der Waals surface area contributed by atoms with Crippen molar-refractivity contribution >= 4 is 15.9 Å². The lowest BCUT2D eigenvalue weighted by Gasteiger charge is -2.06. The van der Waals surface area contributed by atoms with Gasteiger partial charge >= 0.3 is 0 Å². The second-order valence-corrected chi connectivity index (χ2v) is 5.58. The monoisotopic (exact) mass is 296 g/mol. The van der Waals surface area contributed by atoms with Crippen molar-refractivity contribution in [3.05, 3.63) is 35.1 Å². The summed E-state index contributed by atoms with van der Waals surface area (Å²) >= 11 is 0. The number of benzene rings is 1. The van der Waals surface area contributed by atoms with Gasteiger partial charge < -0.3 is 5.32 Å². The molecule has 0 unspecified atom stereocenters. The molecule has 0 aliphatic rings. The van der Waals surface area contributed by atoms with E-state index in [1.54, 1.807) is 0 Å². The molecule has 1 aromatic carbocycles. The first-order chi connectivity index (χ1) is 8.76. The molecule has 0 bridgehead atoms. The molecule has 0 radical (unpaired) electrons. The predicted molar refractivity (Wildman–Crippen MR) is 61.5 cm³/mol. The van der Waals surface area contributed by atoms with Gasteiger partial charge in [-0.3, -0.25) is 4.79 Å². The maximum absolute atomic E-state index is 12.9. The van der Waals surface area contributed by atoms with Crippen LogP contribution in [-0.4, -0.2) is 33.7 Å². The second-order valence-electron chi connectivity index (χ2n) is 3.53. The minimum Gasteiger partial charge on any atom is -0.351 e. The Labute approximate surface area is 107 Å². The average molecular weight is 296 g/mol. The highest BCUT2D eigenvalue weighted by atomic mass is 32.2. The Kier molecular flexibility index (Phi) is 4.90. The molecular weight excluding hydrogens is 285 g/mol. The van der Waals surface area contributed by atoms with E-state index in [2.05, 4.69) is 5.32 Å². The molecule has 0 aromatic heterocycles. The molecule has 0 saturated carbocycles. The van der Waals surface area contributed by atoms with Crippen molar-refractivity contribution < 1.29 is 26.4 Å². The molecule has 2 N–H and O–H groups in total. The third kappa shape index (κ3) is 4.21. The fraction of sp³-hybridized carbons (Fsp3) is 0.300. The van der Waals surface area contributed by atoms with E-state index in [1.165, 1.54) is 7.05 Å². The lowest BCUT2D eigenvalue weighted by molar-refractivity contribution is 0.0955. The van der Waals surface area contributed by atoms with E-state index in [4.69, 9.17) is 0 Å². The van der Waals surface area contributed by atoms with Crippen molar-refractivity contribution in [3.63, 3.8) is 0 Å². The van der Waals surface area contributed by atoms with Crippen molar-refractivity contribution in [2.75, 3.05) is 19.3 Å². The molecule has 0 atom stereocenters. The molecule has 0 saturated heterocycles. The van der Waals surface area contributed by atoms with E-state index in [-0.39, 0.29) is 12.3 Å². The summed E-state index contributed by atoms with van der Waals surface area (Å²) < 4.78 is 62.5. The average Bonchev–Trinajstić information content (AvgIpc) is 2.35. The van der Waals surface area contributed by atoms with E-state index in [9.17, 15) is 26.4 Å². The van der Waals surface area contributed by atoms with Crippen molar-refractivity contribution in [2.45, 2.75) is 0 Å². The van der Waals surface area contributed by atoms with Gasteiger partial charge in [-0.1, -0.05) is 0 Å². The van der Waals surface area contributed by atoms with Crippen LogP contribution in [0.15, 0.2) is 12.1 Å². The first-order valence-corrected chi connectivity index (χ1v) is 6.76. The number of amides is 1. The van der Waals surface area contributed by atoms with Gasteiger partial charge in [0.05, 0.1) is 5.75 Å². The molecule has 1 rings (SSSR count). The fourth-order valence-electron chi connectivity index (χ4n) is 1.19. The van der Waals surface area contributed by atoms with Gasteiger partial charge in [0.15, 0.2) is 17.5 Å². The van der Waals surface area contributed by atoms with Crippen molar-refractivity contribution in [2.24, 2.45) is 0 Å². The van der Waals surface area contributed by atoms with E-state index >= 15 is 0 Å². The van der Waals surface area contributed by atoms with Crippen LogP contribution in [0.4, 0.5) is 13.2 Å². The minimum atomic E-state index is -3.49. The lowest BCUT2D eigenvalue weighted by atomic mass is 10.2. The number of hydrogen-bond donors (Lipinski definition) is 2. The molecule has 0 aliphatic heterocycles. The molecule has 106 valence electrons. The maximum Gasteiger partial charge on any atom is 0.251 e. The number of hydrogen-bond acceptors (Lipinski definition) is 3. The quantitative estimate of drug-likeness (QED) is 0.772. The molecule has 1 aromatic rings. The van der Waals surface area contributed by atoms with Crippen LogP contribution < -0.4 is 10.0 Å². The number of sulfonamides is 1. The van der Waals surface area contributed by atoms with Crippen LogP contribution in [-0.2, 0) is 10.0 Å². The van der Waals surface area contributed by atoms with Crippen LogP contribution in [0.25, 0.3) is 0 Å². The Morgan fingerprint density at radius 2 is 1.74 bits per heavy atom. The molecule has 0 aliphatic carbocycles. The van der Waals surface area contributed by atoms with Crippen molar-refractivity contribution in [1.82, 2.24) is 10.0 Å². The molecule has 5 nitrogen and oxygen atoms in total. The van der Waals surface area contributed by atoms with Gasteiger partial charge in [0, 0.05) is 12.1 Å². The number of carbonyl (C=O) groups excluding carboxylic acids is 1. The van der Waals surface area contributed by atoms with Gasteiger partial charge in [-0.25, -0.2) is 26.3 Å². The largest absolute Gasteiger partial charge is 0.351 e. The van der Waals surface area contributed by atoms with E-state index in [0.717, 1.165) is 0 Å². The first kappa shape index (κ1) is 15.4. The van der Waals surface area contributed by atoms with Crippen LogP contribution >= 0.6 is 0 Å². The van der Waals surface area contributed by atoms with Gasteiger partial charge in [0.1, 0.15) is 0 Å². The highest BCUT2D eigenvalue weighted by molar-refractivity contribution is 7.89. The topological polar surface area (TPSA) is 75.3 Å². The van der Waals surface area contributed by atoms with Gasteiger partial charge in [-0.2, -0.15) is 0 Å². The van der Waals surface area contributed by atoms with Crippen LogP contribution in [0.3, 0.4) is 0 Å². The van der Waals surface area contributed by atoms with Gasteiger partial charge in [0.2, 0.25) is 10.0 Å². The summed E-state index contributed by atoms with van der Waals surface area (Å²) in [6, 6.07) is 1.06. The summed E-state index contributed by atoms with van der Waals surface area (Å²) in [5.41, 5.74) is -0.432. The maximum atomic E-state index is 12.9. The summed E-state index contributed by atoms with van der Waals surface area (Å²) in [6.07, 6.45) is 0. The highest BCUT2D eigenvalue weighted by Gasteiger charge is 2.15. The minimum absolute atomic E-state index is 0.247. The van der Waals surface area contributed by atoms with E-state index in [1.807, 2.05) is 4.72 Å². The van der Waals surface area contributed by atoms with E-state index in [0.29, 0.717) is 12.1 Å². The zero-order valence-corrected chi connectivity index (χ0v) is 10.7. The van der Waals surface area contributed by atoms with Crippen LogP contribution in [0.2, 0.25) is 0 Å². The number of rotatable bonds is 5.